The molecule has 0 spiro atoms. The molecule has 0 fully saturated rings. The Bertz CT molecular complexity index is 840. The molecule has 0 aliphatic rings. The van der Waals surface area contributed by atoms with E-state index >= 15 is 0 Å². The Morgan fingerprint density at radius 2 is 1.72 bits per heavy atom. The van der Waals surface area contributed by atoms with Crippen molar-refractivity contribution in [3.05, 3.63) is 58.4 Å². The van der Waals surface area contributed by atoms with Gasteiger partial charge in [0.25, 0.3) is 0 Å². The number of nitrogens with one attached hydrogen (secondary N) is 1. The molecular weight excluding hydrogens is 359 g/mol. The Morgan fingerprint density at radius 3 is 2.36 bits per heavy atom. The zero-order valence-corrected chi connectivity index (χ0v) is 14.0. The number of hydrogen-bond donors (Lipinski definition) is 1. The topological polar surface area (TPSA) is 47.6 Å². The van der Waals surface area contributed by atoms with Gasteiger partial charge in [-0.15, -0.1) is 0 Å². The van der Waals surface area contributed by atoms with Gasteiger partial charge in [-0.05, 0) is 23.8 Å². The van der Waals surface area contributed by atoms with Crippen LogP contribution < -0.4 is 14.8 Å². The SMILES string of the molecule is COc1cc(C=CC(=O)Nc2cc(F)c(F)cc2F)cc(Cl)c1OC. The second-order valence-electron chi connectivity index (χ2n) is 4.81. The van der Waals surface area contributed by atoms with E-state index in [9.17, 15) is 18.0 Å². The van der Waals surface area contributed by atoms with Crippen LogP contribution in [0.3, 0.4) is 0 Å². The zero-order chi connectivity index (χ0) is 18.6. The van der Waals surface area contributed by atoms with Crippen LogP contribution in [0.1, 0.15) is 5.56 Å². The first-order valence-corrected chi connectivity index (χ1v) is 7.28. The smallest absolute Gasteiger partial charge is 0.248 e. The van der Waals surface area contributed by atoms with Crippen molar-refractivity contribution in [2.45, 2.75) is 0 Å². The van der Waals surface area contributed by atoms with Crippen LogP contribution in [-0.4, -0.2) is 20.1 Å². The lowest BCUT2D eigenvalue weighted by atomic mass is 10.2. The predicted molar refractivity (Wildman–Crippen MR) is 88.5 cm³/mol. The largest absolute Gasteiger partial charge is 0.493 e. The molecule has 4 nitrogen and oxygen atoms in total. The molecule has 0 saturated carbocycles. The summed E-state index contributed by atoms with van der Waals surface area (Å²) in [7, 11) is 2.86. The third-order valence-corrected chi connectivity index (χ3v) is 3.43. The summed E-state index contributed by atoms with van der Waals surface area (Å²) in [4.78, 5) is 11.8. The molecule has 0 aliphatic heterocycles. The first kappa shape index (κ1) is 18.7. The molecule has 2 aromatic rings. The van der Waals surface area contributed by atoms with Gasteiger partial charge in [0.05, 0.1) is 24.9 Å². The normalized spacial score (nSPS) is 10.8. The highest BCUT2D eigenvalue weighted by molar-refractivity contribution is 6.32. The van der Waals surface area contributed by atoms with Gasteiger partial charge in [0.15, 0.2) is 23.1 Å². The van der Waals surface area contributed by atoms with Crippen molar-refractivity contribution in [1.29, 1.82) is 0 Å². The minimum Gasteiger partial charge on any atom is -0.493 e. The van der Waals surface area contributed by atoms with Crippen LogP contribution in [0.5, 0.6) is 11.5 Å². The van der Waals surface area contributed by atoms with Crippen molar-refractivity contribution in [3.63, 3.8) is 0 Å². The first-order valence-electron chi connectivity index (χ1n) is 6.90. The molecule has 25 heavy (non-hydrogen) atoms. The highest BCUT2D eigenvalue weighted by Gasteiger charge is 2.12. The maximum atomic E-state index is 13.5. The van der Waals surface area contributed by atoms with Crippen LogP contribution in [0, 0.1) is 17.5 Å². The lowest BCUT2D eigenvalue weighted by Crippen LogP contribution is -2.10. The van der Waals surface area contributed by atoms with E-state index in [1.165, 1.54) is 26.4 Å². The van der Waals surface area contributed by atoms with Crippen molar-refractivity contribution < 1.29 is 27.4 Å². The zero-order valence-electron chi connectivity index (χ0n) is 13.2. The highest BCUT2D eigenvalue weighted by Crippen LogP contribution is 2.36. The second-order valence-corrected chi connectivity index (χ2v) is 5.21. The summed E-state index contributed by atoms with van der Waals surface area (Å²) in [5, 5.41) is 2.39. The number of ether oxygens (including phenoxy) is 2. The third-order valence-electron chi connectivity index (χ3n) is 3.15. The lowest BCUT2D eigenvalue weighted by molar-refractivity contribution is -0.111. The molecule has 0 aromatic heterocycles. The lowest BCUT2D eigenvalue weighted by Gasteiger charge is -2.10. The fourth-order valence-corrected chi connectivity index (χ4v) is 2.30. The number of carbonyl (C=O) groups is 1. The summed E-state index contributed by atoms with van der Waals surface area (Å²) in [5.74, 6) is -3.74. The monoisotopic (exact) mass is 371 g/mol. The van der Waals surface area contributed by atoms with Gasteiger partial charge in [-0.2, -0.15) is 0 Å². The minimum atomic E-state index is -1.34. The van der Waals surface area contributed by atoms with Crippen LogP contribution in [0.4, 0.5) is 18.9 Å². The van der Waals surface area contributed by atoms with Crippen molar-refractivity contribution in [2.24, 2.45) is 0 Å². The van der Waals surface area contributed by atoms with Gasteiger partial charge < -0.3 is 14.8 Å². The number of anilines is 1. The third kappa shape index (κ3) is 4.45. The Balaban J connectivity index is 2.18. The Hall–Kier alpha value is -2.67. The molecule has 0 aliphatic carbocycles. The van der Waals surface area contributed by atoms with Crippen LogP contribution in [0.25, 0.3) is 6.08 Å². The number of benzene rings is 2. The molecule has 0 heterocycles. The maximum absolute atomic E-state index is 13.5. The number of halogens is 4. The van der Waals surface area contributed by atoms with E-state index in [4.69, 9.17) is 21.1 Å². The van der Waals surface area contributed by atoms with Gasteiger partial charge >= 0.3 is 0 Å². The fourth-order valence-electron chi connectivity index (χ4n) is 2.00. The molecule has 0 radical (unpaired) electrons. The van der Waals surface area contributed by atoms with E-state index in [-0.39, 0.29) is 5.02 Å². The van der Waals surface area contributed by atoms with Gasteiger partial charge in [-0.1, -0.05) is 11.6 Å². The molecule has 2 rings (SSSR count). The summed E-state index contributed by atoms with van der Waals surface area (Å²) in [5.41, 5.74) is 0.0439. The van der Waals surface area contributed by atoms with Crippen molar-refractivity contribution in [3.8, 4) is 11.5 Å². The number of methoxy groups -OCH3 is 2. The van der Waals surface area contributed by atoms with E-state index in [1.807, 2.05) is 0 Å². The van der Waals surface area contributed by atoms with E-state index in [1.54, 1.807) is 6.07 Å². The molecule has 0 bridgehead atoms. The van der Waals surface area contributed by atoms with Crippen LogP contribution in [0.2, 0.25) is 5.02 Å². The number of amides is 1. The minimum absolute atomic E-state index is 0.272. The summed E-state index contributed by atoms with van der Waals surface area (Å²) >= 11 is 6.05. The van der Waals surface area contributed by atoms with Crippen molar-refractivity contribution in [2.75, 3.05) is 19.5 Å². The van der Waals surface area contributed by atoms with Crippen LogP contribution >= 0.6 is 11.6 Å². The molecule has 2 aromatic carbocycles. The van der Waals surface area contributed by atoms with Crippen LogP contribution in [0.15, 0.2) is 30.3 Å². The Kier molecular flexibility index (Phi) is 5.93. The summed E-state index contributed by atoms with van der Waals surface area (Å²) < 4.78 is 49.7. The van der Waals surface area contributed by atoms with Crippen molar-refractivity contribution in [1.82, 2.24) is 0 Å². The fraction of sp³-hybridized carbons (Fsp3) is 0.118. The van der Waals surface area contributed by atoms with Gasteiger partial charge in [0.2, 0.25) is 5.91 Å². The average Bonchev–Trinajstić information content (AvgIpc) is 2.57. The van der Waals surface area contributed by atoms with E-state index < -0.39 is 29.0 Å². The predicted octanol–water partition coefficient (Wildman–Crippen LogP) is 4.43. The summed E-state index contributed by atoms with van der Waals surface area (Å²) in [6, 6.07) is 4.02. The molecule has 1 N–H and O–H groups in total. The van der Waals surface area contributed by atoms with Gasteiger partial charge in [-0.3, -0.25) is 4.79 Å². The quantitative estimate of drug-likeness (QED) is 0.625. The van der Waals surface area contributed by atoms with E-state index in [2.05, 4.69) is 5.32 Å². The average molecular weight is 372 g/mol. The number of carbonyl (C=O) groups excluding carboxylic acids is 1. The Morgan fingerprint density at radius 1 is 1.04 bits per heavy atom. The van der Waals surface area contributed by atoms with Gasteiger partial charge in [-0.25, -0.2) is 13.2 Å². The molecule has 132 valence electrons. The van der Waals surface area contributed by atoms with E-state index in [0.29, 0.717) is 29.2 Å². The highest BCUT2D eigenvalue weighted by atomic mass is 35.5. The summed E-state index contributed by atoms with van der Waals surface area (Å²) in [6.45, 7) is 0. The molecule has 0 saturated heterocycles. The van der Waals surface area contributed by atoms with Gasteiger partial charge in [0.1, 0.15) is 5.82 Å². The molecule has 0 unspecified atom stereocenters. The standard InChI is InChI=1S/C17H13ClF3NO3/c1-24-15-6-9(5-10(18)17(15)25-2)3-4-16(23)22-14-8-12(20)11(19)7-13(14)21/h3-8H,1-2H3,(H,22,23). The van der Waals surface area contributed by atoms with Gasteiger partial charge in [0, 0.05) is 18.2 Å². The second kappa shape index (κ2) is 7.94. The first-order chi connectivity index (χ1) is 11.8. The molecule has 0 atom stereocenters. The number of hydrogen-bond acceptors (Lipinski definition) is 3. The van der Waals surface area contributed by atoms with E-state index in [0.717, 1.165) is 6.08 Å². The Labute approximate surface area is 146 Å². The number of rotatable bonds is 5. The molecule has 1 amide bonds. The van der Waals surface area contributed by atoms with Crippen molar-refractivity contribution >= 4 is 29.3 Å². The molecular formula is C17H13ClF3NO3. The summed E-state index contributed by atoms with van der Waals surface area (Å²) in [6.07, 6.45) is 2.47. The maximum Gasteiger partial charge on any atom is 0.248 e. The van der Waals surface area contributed by atoms with Crippen LogP contribution in [-0.2, 0) is 4.79 Å². The molecule has 8 heteroatoms.